The molecule has 10 aromatic carbocycles. The topological polar surface area (TPSA) is 214 Å². The number of benzene rings is 10. The van der Waals surface area contributed by atoms with E-state index in [9.17, 15) is 30.1 Å². The number of fused-ring (bicyclic) bond motifs is 2. The van der Waals surface area contributed by atoms with Crippen LogP contribution in [0, 0.1) is 20.2 Å². The molecule has 0 bridgehead atoms. The fourth-order valence-electron chi connectivity index (χ4n) is 11.6. The van der Waals surface area contributed by atoms with Crippen LogP contribution in [0.1, 0.15) is 33.4 Å². The van der Waals surface area contributed by atoms with E-state index >= 15 is 0 Å². The Kier molecular flexibility index (Phi) is 18.2. The van der Waals surface area contributed by atoms with Gasteiger partial charge < -0.3 is 20.6 Å². The number of aliphatic hydroxyl groups excluding tert-OH is 1. The summed E-state index contributed by atoms with van der Waals surface area (Å²) in [6, 6.07) is 86.3. The number of ether oxygens (including phenoxy) is 1. The largest absolute Gasteiger partial charge is 1.00 e. The van der Waals surface area contributed by atoms with Gasteiger partial charge in [0.15, 0.2) is 0 Å². The molecule has 420 valence electrons. The van der Waals surface area contributed by atoms with Crippen LogP contribution < -0.4 is 61.6 Å². The Bertz CT molecular complexity index is 4100. The van der Waals surface area contributed by atoms with Crippen molar-refractivity contribution in [2.45, 2.75) is 11.1 Å². The summed E-state index contributed by atoms with van der Waals surface area (Å²) in [5.41, 5.74) is 10.1. The first-order chi connectivity index (χ1) is 41.2. The Labute approximate surface area is 537 Å². The van der Waals surface area contributed by atoms with E-state index in [2.05, 4.69) is 78.1 Å². The summed E-state index contributed by atoms with van der Waals surface area (Å²) in [6.07, 6.45) is -0.378. The third-order valence-electron chi connectivity index (χ3n) is 15.3. The van der Waals surface area contributed by atoms with Gasteiger partial charge in [0.25, 0.3) is 11.4 Å². The van der Waals surface area contributed by atoms with E-state index in [1.807, 2.05) is 167 Å². The zero-order valence-corrected chi connectivity index (χ0v) is 49.8. The maximum absolute atomic E-state index is 12.1. The molecular weight excluding hydrogens is 1110 g/mol. The summed E-state index contributed by atoms with van der Waals surface area (Å²) in [4.78, 5) is 36.7. The summed E-state index contributed by atoms with van der Waals surface area (Å²) < 4.78 is 9.11. The van der Waals surface area contributed by atoms with E-state index in [-0.39, 0.29) is 90.8 Å². The number of amides is 1. The van der Waals surface area contributed by atoms with Crippen molar-refractivity contribution in [3.05, 3.63) is 321 Å². The van der Waals surface area contributed by atoms with E-state index < -0.39 is 11.1 Å². The average molecular weight is 1160 g/mol. The van der Waals surface area contributed by atoms with Crippen LogP contribution in [-0.2, 0) is 15.8 Å². The molecule has 0 saturated carbocycles. The van der Waals surface area contributed by atoms with Gasteiger partial charge in [-0.1, -0.05) is 206 Å². The summed E-state index contributed by atoms with van der Waals surface area (Å²) >= 11 is 0. The Morgan fingerprint density at radius 2 is 0.826 bits per heavy atom. The molecule has 0 atom stereocenters. The van der Waals surface area contributed by atoms with E-state index in [1.54, 1.807) is 29.2 Å². The number of carbonyl (C=O) groups is 1. The quantitative estimate of drug-likeness (QED) is 0.0402. The monoisotopic (exact) mass is 1160 g/mol. The number of nitro benzene ring substituents is 2. The van der Waals surface area contributed by atoms with Crippen LogP contribution in [0.2, 0.25) is 0 Å². The molecule has 0 unspecified atom stereocenters. The Balaban J connectivity index is 0.000000187. The number of nitro groups is 2. The van der Waals surface area contributed by atoms with Gasteiger partial charge in [0.1, 0.15) is 29.1 Å². The van der Waals surface area contributed by atoms with Gasteiger partial charge in [-0.15, -0.1) is 0 Å². The number of aromatic nitrogens is 4. The number of cyclic esters (lactones) is 1. The number of hydrogen-bond donors (Lipinski definition) is 2. The molecule has 12 aromatic rings. The number of nitrogens with zero attached hydrogens (tertiary/aromatic N) is 7. The van der Waals surface area contributed by atoms with Gasteiger partial charge in [0.2, 0.25) is 0 Å². The maximum Gasteiger partial charge on any atom is 1.00 e. The summed E-state index contributed by atoms with van der Waals surface area (Å²) in [5, 5.41) is 48.0. The van der Waals surface area contributed by atoms with Crippen molar-refractivity contribution >= 4 is 50.6 Å². The van der Waals surface area contributed by atoms with Crippen molar-refractivity contribution in [1.29, 1.82) is 0 Å². The van der Waals surface area contributed by atoms with Gasteiger partial charge in [0.05, 0.1) is 34.0 Å². The number of carbonyl (C=O) groups excluding carboxylic acids is 1. The second kappa shape index (κ2) is 26.2. The van der Waals surface area contributed by atoms with Crippen LogP contribution >= 0.6 is 0 Å². The third kappa shape index (κ3) is 11.1. The van der Waals surface area contributed by atoms with Crippen molar-refractivity contribution in [3.8, 4) is 22.5 Å². The van der Waals surface area contributed by atoms with E-state index in [4.69, 9.17) is 14.9 Å². The number of rotatable bonds is 16. The van der Waals surface area contributed by atoms with E-state index in [0.29, 0.717) is 47.5 Å². The second-order valence-corrected chi connectivity index (χ2v) is 20.1. The van der Waals surface area contributed by atoms with Crippen molar-refractivity contribution < 1.29 is 81.3 Å². The molecule has 0 aliphatic carbocycles. The third-order valence-corrected chi connectivity index (χ3v) is 15.3. The SMILES string of the molecule is O=C1OCCN1c1ccc(-c2nn(C(c3ccccc3)(c3ccccc3)c3ccccc3)c3ccc([N+](=O)[O-])cc23)cc1.O=[N+]([O-])c1ccc2c(c1)c(-c1ccc(NCCO)cc1)nn2C(c1ccccc1)(c1ccccc1)c1ccccc1.[K+].[OH-]. The van der Waals surface area contributed by atoms with Crippen molar-refractivity contribution in [2.24, 2.45) is 0 Å². The van der Waals surface area contributed by atoms with Crippen molar-refractivity contribution in [2.75, 3.05) is 36.5 Å². The maximum atomic E-state index is 12.1. The van der Waals surface area contributed by atoms with Gasteiger partial charge in [-0.05, 0) is 69.8 Å². The molecule has 1 amide bonds. The summed E-state index contributed by atoms with van der Waals surface area (Å²) in [6.45, 7) is 1.30. The van der Waals surface area contributed by atoms with Crippen LogP contribution in [0.15, 0.2) is 267 Å². The molecule has 0 radical (unpaired) electrons. The first-order valence-electron chi connectivity index (χ1n) is 27.4. The molecule has 3 heterocycles. The number of aliphatic hydroxyl groups is 1. The molecular formula is C69H55KN8O8. The molecule has 17 heteroatoms. The number of hydrogen-bond acceptors (Lipinski definition) is 11. The van der Waals surface area contributed by atoms with Gasteiger partial charge in [-0.3, -0.25) is 25.1 Å². The van der Waals surface area contributed by atoms with Gasteiger partial charge >= 0.3 is 57.5 Å². The molecule has 2 aromatic heterocycles. The van der Waals surface area contributed by atoms with E-state index in [1.165, 1.54) is 12.1 Å². The molecule has 3 N–H and O–H groups in total. The van der Waals surface area contributed by atoms with Crippen LogP contribution in [0.3, 0.4) is 0 Å². The molecule has 0 spiro atoms. The second-order valence-electron chi connectivity index (χ2n) is 20.1. The van der Waals surface area contributed by atoms with Crippen LogP contribution in [-0.4, -0.2) is 72.4 Å². The van der Waals surface area contributed by atoms with Gasteiger partial charge in [-0.2, -0.15) is 10.2 Å². The summed E-state index contributed by atoms with van der Waals surface area (Å²) in [7, 11) is 0. The number of anilines is 2. The predicted octanol–water partition coefficient (Wildman–Crippen LogP) is 11.1. The normalized spacial score (nSPS) is 12.1. The molecule has 1 aliphatic heterocycles. The molecule has 86 heavy (non-hydrogen) atoms. The van der Waals surface area contributed by atoms with Crippen LogP contribution in [0.25, 0.3) is 44.3 Å². The number of nitrogens with one attached hydrogen (secondary N) is 1. The minimum atomic E-state index is -0.907. The number of non-ortho nitro benzene ring substituents is 2. The Morgan fingerprint density at radius 3 is 1.13 bits per heavy atom. The van der Waals surface area contributed by atoms with E-state index in [0.717, 1.165) is 61.2 Å². The zero-order valence-electron chi connectivity index (χ0n) is 46.7. The molecule has 1 saturated heterocycles. The van der Waals surface area contributed by atoms with Crippen molar-refractivity contribution in [1.82, 2.24) is 19.6 Å². The predicted molar refractivity (Wildman–Crippen MR) is 329 cm³/mol. The van der Waals surface area contributed by atoms with Crippen LogP contribution in [0.4, 0.5) is 27.5 Å². The Hall–Kier alpha value is -9.43. The molecule has 1 aliphatic rings. The van der Waals surface area contributed by atoms with Crippen LogP contribution in [0.5, 0.6) is 0 Å². The Morgan fingerprint density at radius 1 is 0.488 bits per heavy atom. The van der Waals surface area contributed by atoms with Crippen molar-refractivity contribution in [3.63, 3.8) is 0 Å². The minimum Gasteiger partial charge on any atom is -0.870 e. The first kappa shape index (κ1) is 59.7. The first-order valence-corrected chi connectivity index (χ1v) is 27.4. The molecule has 1 fully saturated rings. The minimum absolute atomic E-state index is 0. The standard InChI is InChI=1S/C35H26N4O4.C34H28N4O3.K.H2O/c40-34-37(22-23-43-34)29-18-16-25(17-19-29)33-31-24-30(39(41)42)20-21-32(31)38(36-33)35(26-10-4-1-5-11-26,27-12-6-2-7-13-27)28-14-8-3-9-15-28;39-23-22-35-29-18-16-25(17-19-29)33-31-24-30(38(40)41)20-21-32(31)37(36-33)34(26-10-4-1-5-11-26,27-12-6-2-7-13-27)28-14-8-3-9-15-28;;/h1-21,24H,22-23H2;1-21,24,35,39H,22-23H2;;1H2/q;;+1;/p-1. The fraction of sp³-hybridized carbons (Fsp3) is 0.0870. The summed E-state index contributed by atoms with van der Waals surface area (Å²) in [5.74, 6) is 0. The smallest absolute Gasteiger partial charge is 0.870 e. The van der Waals surface area contributed by atoms with Gasteiger partial charge in [0, 0.05) is 64.1 Å². The molecule has 16 nitrogen and oxygen atoms in total. The fourth-order valence-corrected chi connectivity index (χ4v) is 11.6. The molecule has 13 rings (SSSR count). The average Bonchev–Trinajstić information content (AvgIpc) is 1.48. The zero-order chi connectivity index (χ0) is 57.6. The van der Waals surface area contributed by atoms with Gasteiger partial charge in [-0.25, -0.2) is 14.2 Å².